The summed E-state index contributed by atoms with van der Waals surface area (Å²) in [7, 11) is -3.57. The van der Waals surface area contributed by atoms with Gasteiger partial charge in [-0.1, -0.05) is 18.2 Å². The fraction of sp³-hybridized carbons (Fsp3) is 0.231. The lowest BCUT2D eigenvalue weighted by molar-refractivity contribution is 0.474. The molecule has 0 saturated carbocycles. The van der Waals surface area contributed by atoms with E-state index in [1.807, 2.05) is 0 Å². The molecule has 0 atom stereocenters. The van der Waals surface area contributed by atoms with Gasteiger partial charge in [-0.05, 0) is 24.6 Å². The van der Waals surface area contributed by atoms with Crippen molar-refractivity contribution in [2.45, 2.75) is 11.8 Å². The number of aryl methyl sites for hydroxylation is 1. The molecule has 0 aliphatic carbocycles. The molecule has 0 bridgehead atoms. The lowest BCUT2D eigenvalue weighted by Gasteiger charge is -2.20. The predicted molar refractivity (Wildman–Crippen MR) is 74.7 cm³/mol. The van der Waals surface area contributed by atoms with Gasteiger partial charge in [-0.25, -0.2) is 8.42 Å². The molecule has 18 heavy (non-hydrogen) atoms. The first-order valence-electron chi connectivity index (χ1n) is 5.51. The van der Waals surface area contributed by atoms with E-state index >= 15 is 0 Å². The van der Waals surface area contributed by atoms with Gasteiger partial charge in [0.15, 0.2) is 0 Å². The van der Waals surface area contributed by atoms with Crippen molar-refractivity contribution < 1.29 is 8.42 Å². The smallest absolute Gasteiger partial charge is 0.243 e. The third kappa shape index (κ3) is 3.00. The van der Waals surface area contributed by atoms with E-state index in [2.05, 4.69) is 13.2 Å². The SMILES string of the molecule is C=CCN(CC=C)S(=O)(=O)c1cc(N)ccc1C. The highest BCUT2D eigenvalue weighted by molar-refractivity contribution is 7.89. The summed E-state index contributed by atoms with van der Waals surface area (Å²) < 4.78 is 26.2. The van der Waals surface area contributed by atoms with Gasteiger partial charge in [-0.2, -0.15) is 4.31 Å². The van der Waals surface area contributed by atoms with Crippen molar-refractivity contribution in [3.63, 3.8) is 0 Å². The lowest BCUT2D eigenvalue weighted by Crippen LogP contribution is -2.31. The first-order valence-corrected chi connectivity index (χ1v) is 6.95. The normalized spacial score (nSPS) is 11.4. The quantitative estimate of drug-likeness (QED) is 0.632. The Labute approximate surface area is 108 Å². The average Bonchev–Trinajstić information content (AvgIpc) is 2.32. The third-order valence-electron chi connectivity index (χ3n) is 2.50. The maximum absolute atomic E-state index is 12.5. The van der Waals surface area contributed by atoms with Crippen LogP contribution in [0.3, 0.4) is 0 Å². The number of nitrogens with zero attached hydrogens (tertiary/aromatic N) is 1. The second-order valence-corrected chi connectivity index (χ2v) is 5.83. The maximum Gasteiger partial charge on any atom is 0.243 e. The summed E-state index contributed by atoms with van der Waals surface area (Å²) in [6.45, 7) is 9.35. The Kier molecular flexibility index (Phi) is 4.69. The van der Waals surface area contributed by atoms with Crippen molar-refractivity contribution in [3.8, 4) is 0 Å². The Hall–Kier alpha value is -1.59. The van der Waals surface area contributed by atoms with Crippen LogP contribution in [0.4, 0.5) is 5.69 Å². The highest BCUT2D eigenvalue weighted by Crippen LogP contribution is 2.22. The van der Waals surface area contributed by atoms with Gasteiger partial charge >= 0.3 is 0 Å². The minimum absolute atomic E-state index is 0.228. The summed E-state index contributed by atoms with van der Waals surface area (Å²) in [6.07, 6.45) is 3.09. The number of hydrogen-bond acceptors (Lipinski definition) is 3. The van der Waals surface area contributed by atoms with Crippen LogP contribution in [0.25, 0.3) is 0 Å². The molecule has 0 fully saturated rings. The van der Waals surface area contributed by atoms with Crippen molar-refractivity contribution in [2.75, 3.05) is 18.8 Å². The molecule has 0 spiro atoms. The Morgan fingerprint density at radius 1 is 1.28 bits per heavy atom. The fourth-order valence-electron chi connectivity index (χ4n) is 1.59. The fourth-order valence-corrected chi connectivity index (χ4v) is 3.23. The predicted octanol–water partition coefficient (Wildman–Crippen LogP) is 1.94. The topological polar surface area (TPSA) is 63.4 Å². The van der Waals surface area contributed by atoms with Crippen molar-refractivity contribution in [1.82, 2.24) is 4.31 Å². The van der Waals surface area contributed by atoms with Gasteiger partial charge in [0, 0.05) is 18.8 Å². The zero-order chi connectivity index (χ0) is 13.8. The lowest BCUT2D eigenvalue weighted by atomic mass is 10.2. The first kappa shape index (κ1) is 14.5. The number of anilines is 1. The molecule has 5 heteroatoms. The number of sulfonamides is 1. The standard InChI is InChI=1S/C13H18N2O2S/c1-4-8-15(9-5-2)18(16,17)13-10-12(14)7-6-11(13)3/h4-7,10H,1-2,8-9,14H2,3H3. The first-order chi connectivity index (χ1) is 8.43. The molecular weight excluding hydrogens is 248 g/mol. The molecule has 1 aromatic carbocycles. The largest absolute Gasteiger partial charge is 0.399 e. The van der Waals surface area contributed by atoms with Gasteiger partial charge in [0.05, 0.1) is 4.90 Å². The van der Waals surface area contributed by atoms with Crippen LogP contribution in [0.5, 0.6) is 0 Å². The van der Waals surface area contributed by atoms with Crippen molar-refractivity contribution in [1.29, 1.82) is 0 Å². The molecule has 0 amide bonds. The molecule has 0 heterocycles. The summed E-state index contributed by atoms with van der Waals surface area (Å²) in [6, 6.07) is 4.85. The molecule has 98 valence electrons. The summed E-state index contributed by atoms with van der Waals surface area (Å²) in [4.78, 5) is 0.228. The molecular formula is C13H18N2O2S. The highest BCUT2D eigenvalue weighted by Gasteiger charge is 2.24. The van der Waals surface area contributed by atoms with Crippen LogP contribution < -0.4 is 5.73 Å². The second kappa shape index (κ2) is 5.84. The van der Waals surface area contributed by atoms with Gasteiger partial charge in [0.1, 0.15) is 0 Å². The number of benzene rings is 1. The number of rotatable bonds is 6. The summed E-state index contributed by atoms with van der Waals surface area (Å²) in [5, 5.41) is 0. The molecule has 0 aliphatic rings. The zero-order valence-corrected chi connectivity index (χ0v) is 11.3. The van der Waals surface area contributed by atoms with Gasteiger partial charge in [-0.3, -0.25) is 0 Å². The van der Waals surface area contributed by atoms with Gasteiger partial charge in [0.2, 0.25) is 10.0 Å². The van der Waals surface area contributed by atoms with Crippen molar-refractivity contribution in [3.05, 3.63) is 49.1 Å². The second-order valence-electron chi connectivity index (χ2n) is 3.92. The Morgan fingerprint density at radius 3 is 2.33 bits per heavy atom. The molecule has 2 N–H and O–H groups in total. The molecule has 0 unspecified atom stereocenters. The molecule has 1 aromatic rings. The third-order valence-corrected chi connectivity index (χ3v) is 4.47. The van der Waals surface area contributed by atoms with E-state index in [9.17, 15) is 8.42 Å². The Bertz CT molecular complexity index is 540. The van der Waals surface area contributed by atoms with E-state index in [0.29, 0.717) is 11.3 Å². The van der Waals surface area contributed by atoms with Gasteiger partial charge in [-0.15, -0.1) is 13.2 Å². The monoisotopic (exact) mass is 266 g/mol. The summed E-state index contributed by atoms with van der Waals surface area (Å²) in [5.74, 6) is 0. The Morgan fingerprint density at radius 2 is 1.83 bits per heavy atom. The summed E-state index contributed by atoms with van der Waals surface area (Å²) in [5.41, 5.74) is 6.74. The maximum atomic E-state index is 12.5. The average molecular weight is 266 g/mol. The molecule has 4 nitrogen and oxygen atoms in total. The van der Waals surface area contributed by atoms with E-state index in [4.69, 9.17) is 5.73 Å². The molecule has 0 saturated heterocycles. The van der Waals surface area contributed by atoms with Crippen LogP contribution in [0.15, 0.2) is 48.4 Å². The van der Waals surface area contributed by atoms with Crippen LogP contribution in [-0.2, 0) is 10.0 Å². The van der Waals surface area contributed by atoms with E-state index in [-0.39, 0.29) is 18.0 Å². The van der Waals surface area contributed by atoms with Crippen LogP contribution in [0.1, 0.15) is 5.56 Å². The Balaban J connectivity index is 3.29. The van der Waals surface area contributed by atoms with Gasteiger partial charge < -0.3 is 5.73 Å². The van der Waals surface area contributed by atoms with E-state index < -0.39 is 10.0 Å². The van der Waals surface area contributed by atoms with Crippen molar-refractivity contribution in [2.24, 2.45) is 0 Å². The molecule has 0 aliphatic heterocycles. The molecule has 1 rings (SSSR count). The van der Waals surface area contributed by atoms with Crippen LogP contribution in [0.2, 0.25) is 0 Å². The minimum atomic E-state index is -3.57. The number of hydrogen-bond donors (Lipinski definition) is 1. The van der Waals surface area contributed by atoms with Crippen LogP contribution in [-0.4, -0.2) is 25.8 Å². The zero-order valence-electron chi connectivity index (χ0n) is 10.5. The van der Waals surface area contributed by atoms with E-state index in [1.54, 1.807) is 31.2 Å². The summed E-state index contributed by atoms with van der Waals surface area (Å²) >= 11 is 0. The molecule has 0 radical (unpaired) electrons. The highest BCUT2D eigenvalue weighted by atomic mass is 32.2. The molecule has 0 aromatic heterocycles. The number of nitrogens with two attached hydrogens (primary N) is 1. The van der Waals surface area contributed by atoms with Crippen molar-refractivity contribution >= 4 is 15.7 Å². The van der Waals surface area contributed by atoms with Crippen LogP contribution >= 0.6 is 0 Å². The number of nitrogen functional groups attached to an aromatic ring is 1. The van der Waals surface area contributed by atoms with Gasteiger partial charge in [0.25, 0.3) is 0 Å². The van der Waals surface area contributed by atoms with E-state index in [0.717, 1.165) is 0 Å². The van der Waals surface area contributed by atoms with Crippen LogP contribution in [0, 0.1) is 6.92 Å². The minimum Gasteiger partial charge on any atom is -0.399 e. The van der Waals surface area contributed by atoms with E-state index in [1.165, 1.54) is 10.4 Å².